The van der Waals surface area contributed by atoms with E-state index < -0.39 is 5.25 Å². The van der Waals surface area contributed by atoms with E-state index in [1.165, 1.54) is 11.8 Å². The summed E-state index contributed by atoms with van der Waals surface area (Å²) in [6.45, 7) is 0. The number of rotatable bonds is 4. The van der Waals surface area contributed by atoms with Gasteiger partial charge in [-0.2, -0.15) is 0 Å². The van der Waals surface area contributed by atoms with Crippen molar-refractivity contribution in [3.05, 3.63) is 58.6 Å². The molecule has 6 nitrogen and oxygen atoms in total. The Morgan fingerprint density at radius 2 is 1.61 bits per heavy atom. The molecular formula is C19H14Cl2N4O2S. The molecule has 9 heteroatoms. The number of imide groups is 1. The molecule has 0 unspecified atom stereocenters. The number of carbonyl (C=O) groups is 2. The minimum atomic E-state index is -0.411. The highest BCUT2D eigenvalue weighted by Crippen LogP contribution is 2.33. The number of thioether (sulfide) groups is 1. The van der Waals surface area contributed by atoms with Gasteiger partial charge in [-0.3, -0.25) is 19.5 Å². The summed E-state index contributed by atoms with van der Waals surface area (Å²) in [5.74, 6) is 0.0663. The van der Waals surface area contributed by atoms with Gasteiger partial charge in [0.05, 0.1) is 5.25 Å². The Kier molecular flexibility index (Phi) is 5.39. The van der Waals surface area contributed by atoms with Crippen LogP contribution in [0.2, 0.25) is 10.0 Å². The number of piperidine rings is 1. The van der Waals surface area contributed by atoms with Gasteiger partial charge in [-0.25, -0.2) is 0 Å². The molecule has 0 aliphatic carbocycles. The molecule has 1 atom stereocenters. The van der Waals surface area contributed by atoms with Crippen molar-refractivity contribution in [1.29, 1.82) is 0 Å². The van der Waals surface area contributed by atoms with E-state index in [0.29, 0.717) is 33.9 Å². The Morgan fingerprint density at radius 1 is 0.964 bits per heavy atom. The number of halogens is 2. The largest absolute Gasteiger partial charge is 0.295 e. The van der Waals surface area contributed by atoms with E-state index in [4.69, 9.17) is 23.2 Å². The van der Waals surface area contributed by atoms with Gasteiger partial charge in [-0.05, 0) is 55.0 Å². The van der Waals surface area contributed by atoms with Crippen molar-refractivity contribution in [1.82, 2.24) is 20.1 Å². The van der Waals surface area contributed by atoms with Gasteiger partial charge in [-0.15, -0.1) is 10.2 Å². The number of hydrogen-bond donors (Lipinski definition) is 1. The maximum Gasteiger partial charge on any atom is 0.240 e. The molecule has 0 saturated carbocycles. The van der Waals surface area contributed by atoms with Crippen LogP contribution in [0.25, 0.3) is 17.1 Å². The van der Waals surface area contributed by atoms with Crippen LogP contribution in [0.1, 0.15) is 12.8 Å². The van der Waals surface area contributed by atoms with Gasteiger partial charge in [-0.1, -0.05) is 35.0 Å². The average Bonchev–Trinajstić information content (AvgIpc) is 3.09. The number of aromatic nitrogens is 3. The number of nitrogens with zero attached hydrogens (tertiary/aromatic N) is 3. The Labute approximate surface area is 175 Å². The molecule has 142 valence electrons. The van der Waals surface area contributed by atoms with Crippen LogP contribution in [0.15, 0.2) is 53.7 Å². The molecule has 1 aliphatic heterocycles. The van der Waals surface area contributed by atoms with Gasteiger partial charge in [0.1, 0.15) is 0 Å². The summed E-state index contributed by atoms with van der Waals surface area (Å²) in [6, 6.07) is 14.6. The zero-order chi connectivity index (χ0) is 19.7. The minimum Gasteiger partial charge on any atom is -0.295 e. The van der Waals surface area contributed by atoms with Crippen molar-refractivity contribution in [3.8, 4) is 17.1 Å². The lowest BCUT2D eigenvalue weighted by molar-refractivity contribution is -0.132. The first kappa shape index (κ1) is 19.0. The predicted octanol–water partition coefficient (Wildman–Crippen LogP) is 4.14. The zero-order valence-corrected chi connectivity index (χ0v) is 16.8. The fourth-order valence-corrected chi connectivity index (χ4v) is 4.16. The fraction of sp³-hybridized carbons (Fsp3) is 0.158. The number of carbonyl (C=O) groups excluding carboxylic acids is 2. The standard InChI is InChI=1S/C19H14Cl2N4O2S/c20-12-3-1-11(2-4-12)17-23-24-19(25(17)14-7-5-13(21)6-8-14)28-15-9-10-16(26)22-18(15)27/h1-8,15H,9-10H2,(H,22,26,27)/t15-/m1/s1. The smallest absolute Gasteiger partial charge is 0.240 e. The molecule has 2 amide bonds. The van der Waals surface area contributed by atoms with E-state index in [-0.39, 0.29) is 11.8 Å². The van der Waals surface area contributed by atoms with Crippen LogP contribution in [0.4, 0.5) is 0 Å². The molecule has 1 fully saturated rings. The summed E-state index contributed by atoms with van der Waals surface area (Å²) < 4.78 is 1.87. The second-order valence-corrected chi connectivity index (χ2v) is 8.23. The van der Waals surface area contributed by atoms with Crippen LogP contribution in [0.5, 0.6) is 0 Å². The van der Waals surface area contributed by atoms with E-state index >= 15 is 0 Å². The van der Waals surface area contributed by atoms with Crippen molar-refractivity contribution in [3.63, 3.8) is 0 Å². The topological polar surface area (TPSA) is 76.9 Å². The zero-order valence-electron chi connectivity index (χ0n) is 14.4. The lowest BCUT2D eigenvalue weighted by atomic mass is 10.1. The SMILES string of the molecule is O=C1CC[C@@H](Sc2nnc(-c3ccc(Cl)cc3)n2-c2ccc(Cl)cc2)C(=O)N1. The molecule has 2 aromatic carbocycles. The van der Waals surface area contributed by atoms with Gasteiger partial charge < -0.3 is 0 Å². The molecule has 1 N–H and O–H groups in total. The lowest BCUT2D eigenvalue weighted by Gasteiger charge is -2.20. The van der Waals surface area contributed by atoms with Gasteiger partial charge >= 0.3 is 0 Å². The Morgan fingerprint density at radius 3 is 2.25 bits per heavy atom. The number of benzene rings is 2. The van der Waals surface area contributed by atoms with Crippen molar-refractivity contribution in [2.75, 3.05) is 0 Å². The third-order valence-corrected chi connectivity index (χ3v) is 5.97. The molecule has 0 bridgehead atoms. The summed E-state index contributed by atoms with van der Waals surface area (Å²) in [4.78, 5) is 23.6. The highest BCUT2D eigenvalue weighted by atomic mass is 35.5. The monoisotopic (exact) mass is 432 g/mol. The van der Waals surface area contributed by atoms with Crippen molar-refractivity contribution < 1.29 is 9.59 Å². The summed E-state index contributed by atoms with van der Waals surface area (Å²) in [6.07, 6.45) is 0.765. The molecule has 1 saturated heterocycles. The maximum absolute atomic E-state index is 12.2. The molecule has 1 aliphatic rings. The van der Waals surface area contributed by atoms with Crippen molar-refractivity contribution in [2.45, 2.75) is 23.2 Å². The van der Waals surface area contributed by atoms with Crippen LogP contribution in [-0.2, 0) is 9.59 Å². The van der Waals surface area contributed by atoms with Crippen LogP contribution >= 0.6 is 35.0 Å². The third-order valence-electron chi connectivity index (χ3n) is 4.26. The van der Waals surface area contributed by atoms with E-state index in [9.17, 15) is 9.59 Å². The Hall–Kier alpha value is -2.35. The first-order valence-electron chi connectivity index (χ1n) is 8.49. The second kappa shape index (κ2) is 7.95. The highest BCUT2D eigenvalue weighted by molar-refractivity contribution is 8.00. The fourth-order valence-electron chi connectivity index (χ4n) is 2.87. The summed E-state index contributed by atoms with van der Waals surface area (Å²) >= 11 is 13.3. The first-order valence-corrected chi connectivity index (χ1v) is 10.1. The molecule has 4 rings (SSSR count). The van der Waals surface area contributed by atoms with E-state index in [1.54, 1.807) is 24.3 Å². The summed E-state index contributed by atoms with van der Waals surface area (Å²) in [5.41, 5.74) is 1.65. The van der Waals surface area contributed by atoms with Crippen LogP contribution in [0, 0.1) is 0 Å². The number of nitrogens with one attached hydrogen (secondary N) is 1. The molecular weight excluding hydrogens is 419 g/mol. The van der Waals surface area contributed by atoms with Crippen LogP contribution < -0.4 is 5.32 Å². The van der Waals surface area contributed by atoms with E-state index in [0.717, 1.165) is 11.3 Å². The van der Waals surface area contributed by atoms with Gasteiger partial charge in [0, 0.05) is 27.7 Å². The van der Waals surface area contributed by atoms with Gasteiger partial charge in [0.25, 0.3) is 0 Å². The molecule has 0 spiro atoms. The van der Waals surface area contributed by atoms with Gasteiger partial charge in [0.15, 0.2) is 11.0 Å². The van der Waals surface area contributed by atoms with Crippen molar-refractivity contribution >= 4 is 46.8 Å². The Bertz CT molecular complexity index is 1040. The second-order valence-electron chi connectivity index (χ2n) is 6.18. The molecule has 2 heterocycles. The molecule has 3 aromatic rings. The lowest BCUT2D eigenvalue weighted by Crippen LogP contribution is -2.42. The minimum absolute atomic E-state index is 0.247. The van der Waals surface area contributed by atoms with Crippen LogP contribution in [-0.4, -0.2) is 31.8 Å². The predicted molar refractivity (Wildman–Crippen MR) is 109 cm³/mol. The Balaban J connectivity index is 1.76. The third kappa shape index (κ3) is 3.92. The van der Waals surface area contributed by atoms with Crippen LogP contribution in [0.3, 0.4) is 0 Å². The normalized spacial score (nSPS) is 16.9. The number of amides is 2. The van der Waals surface area contributed by atoms with E-state index in [1.807, 2.05) is 28.8 Å². The average molecular weight is 433 g/mol. The van der Waals surface area contributed by atoms with E-state index in [2.05, 4.69) is 15.5 Å². The molecule has 1 aromatic heterocycles. The maximum atomic E-state index is 12.2. The van der Waals surface area contributed by atoms with Crippen molar-refractivity contribution in [2.24, 2.45) is 0 Å². The molecule has 28 heavy (non-hydrogen) atoms. The molecule has 0 radical (unpaired) electrons. The first-order chi connectivity index (χ1) is 13.5. The van der Waals surface area contributed by atoms with Gasteiger partial charge in [0.2, 0.25) is 11.8 Å². The highest BCUT2D eigenvalue weighted by Gasteiger charge is 2.30. The summed E-state index contributed by atoms with van der Waals surface area (Å²) in [7, 11) is 0. The number of hydrogen-bond acceptors (Lipinski definition) is 5. The summed E-state index contributed by atoms with van der Waals surface area (Å²) in [5, 5.41) is 12.4. The quantitative estimate of drug-likeness (QED) is 0.626.